The number of fused-ring (bicyclic) bond motifs is 1. The molecule has 0 fully saturated rings. The zero-order chi connectivity index (χ0) is 17.1. The van der Waals surface area contributed by atoms with Gasteiger partial charge < -0.3 is 14.6 Å². The molecule has 3 aromatic carbocycles. The summed E-state index contributed by atoms with van der Waals surface area (Å²) in [6.45, 7) is 1.49. The van der Waals surface area contributed by atoms with Crippen LogP contribution in [0.4, 0.5) is 0 Å². The van der Waals surface area contributed by atoms with E-state index in [-0.39, 0.29) is 0 Å². The Kier molecular flexibility index (Phi) is 4.71. The molecule has 24 heavy (non-hydrogen) atoms. The molecule has 0 aromatic heterocycles. The Morgan fingerprint density at radius 1 is 1.00 bits per heavy atom. The maximum absolute atomic E-state index is 10.8. The van der Waals surface area contributed by atoms with Crippen molar-refractivity contribution in [2.24, 2.45) is 0 Å². The first kappa shape index (κ1) is 16.3. The molecule has 0 aliphatic carbocycles. The molecule has 1 unspecified atom stereocenters. The number of hydrogen-bond acceptors (Lipinski definition) is 3. The molecule has 1 atom stereocenters. The van der Waals surface area contributed by atoms with Gasteiger partial charge in [-0.25, -0.2) is 4.79 Å². The van der Waals surface area contributed by atoms with Crippen LogP contribution in [0.15, 0.2) is 65.1 Å². The van der Waals surface area contributed by atoms with Gasteiger partial charge in [0, 0.05) is 0 Å². The Hall–Kier alpha value is -2.53. The standard InChI is InChI=1S/C19H15BrO4/c1-12(19(21)22)23-14-7-9-15(10-8-14)24-17-11-6-13-4-2-3-5-16(13)18(17)20/h2-12H,1H3,(H,21,22). The summed E-state index contributed by atoms with van der Waals surface area (Å²) in [5.74, 6) is 0.827. The minimum Gasteiger partial charge on any atom is -0.479 e. The van der Waals surface area contributed by atoms with Gasteiger partial charge in [-0.15, -0.1) is 0 Å². The lowest BCUT2D eigenvalue weighted by atomic mass is 10.1. The molecule has 4 nitrogen and oxygen atoms in total. The van der Waals surface area contributed by atoms with Gasteiger partial charge in [0.25, 0.3) is 0 Å². The first-order valence-corrected chi connectivity index (χ1v) is 8.18. The summed E-state index contributed by atoms with van der Waals surface area (Å²) in [5, 5.41) is 11.1. The van der Waals surface area contributed by atoms with Crippen LogP contribution >= 0.6 is 15.9 Å². The summed E-state index contributed by atoms with van der Waals surface area (Å²) in [5.41, 5.74) is 0. The Labute approximate surface area is 147 Å². The molecule has 0 saturated heterocycles. The predicted molar refractivity (Wildman–Crippen MR) is 95.9 cm³/mol. The van der Waals surface area contributed by atoms with E-state index < -0.39 is 12.1 Å². The normalized spacial score (nSPS) is 11.9. The van der Waals surface area contributed by atoms with Crippen LogP contribution in [0.3, 0.4) is 0 Å². The van der Waals surface area contributed by atoms with Crippen LogP contribution in [-0.4, -0.2) is 17.2 Å². The van der Waals surface area contributed by atoms with Crippen molar-refractivity contribution in [3.63, 3.8) is 0 Å². The van der Waals surface area contributed by atoms with Crippen LogP contribution in [-0.2, 0) is 4.79 Å². The third-order valence-electron chi connectivity index (χ3n) is 3.54. The fourth-order valence-corrected chi connectivity index (χ4v) is 2.83. The number of hydrogen-bond donors (Lipinski definition) is 1. The van der Waals surface area contributed by atoms with Crippen molar-refractivity contribution in [3.8, 4) is 17.2 Å². The Balaban J connectivity index is 1.79. The maximum atomic E-state index is 10.8. The number of benzene rings is 3. The highest BCUT2D eigenvalue weighted by Crippen LogP contribution is 2.36. The van der Waals surface area contributed by atoms with Gasteiger partial charge >= 0.3 is 5.97 Å². The zero-order valence-corrected chi connectivity index (χ0v) is 14.5. The number of carboxylic acids is 1. The molecule has 0 aliphatic heterocycles. The molecule has 122 valence electrons. The lowest BCUT2D eigenvalue weighted by Crippen LogP contribution is -2.22. The number of ether oxygens (including phenoxy) is 2. The summed E-state index contributed by atoms with van der Waals surface area (Å²) >= 11 is 3.59. The fraction of sp³-hybridized carbons (Fsp3) is 0.105. The van der Waals surface area contributed by atoms with Crippen molar-refractivity contribution in [3.05, 3.63) is 65.1 Å². The van der Waals surface area contributed by atoms with E-state index in [0.29, 0.717) is 17.2 Å². The van der Waals surface area contributed by atoms with E-state index in [1.54, 1.807) is 24.3 Å². The molecule has 3 rings (SSSR count). The molecular weight excluding hydrogens is 372 g/mol. The average molecular weight is 387 g/mol. The highest BCUT2D eigenvalue weighted by atomic mass is 79.9. The lowest BCUT2D eigenvalue weighted by Gasteiger charge is -2.12. The van der Waals surface area contributed by atoms with Crippen molar-refractivity contribution < 1.29 is 19.4 Å². The first-order chi connectivity index (χ1) is 11.5. The SMILES string of the molecule is CC(Oc1ccc(Oc2ccc3ccccc3c2Br)cc1)C(=O)O. The van der Waals surface area contributed by atoms with Crippen LogP contribution in [0.2, 0.25) is 0 Å². The van der Waals surface area contributed by atoms with Crippen LogP contribution in [0.25, 0.3) is 10.8 Å². The summed E-state index contributed by atoms with van der Waals surface area (Å²) < 4.78 is 12.1. The van der Waals surface area contributed by atoms with Gasteiger partial charge in [-0.2, -0.15) is 0 Å². The van der Waals surface area contributed by atoms with Gasteiger partial charge in [0.15, 0.2) is 6.10 Å². The molecule has 0 bridgehead atoms. The third kappa shape index (κ3) is 3.51. The molecule has 5 heteroatoms. The first-order valence-electron chi connectivity index (χ1n) is 7.39. The minimum absolute atomic E-state index is 0.481. The molecule has 1 N–H and O–H groups in total. The van der Waals surface area contributed by atoms with Crippen LogP contribution in [0.5, 0.6) is 17.2 Å². The smallest absolute Gasteiger partial charge is 0.344 e. The maximum Gasteiger partial charge on any atom is 0.344 e. The molecule has 0 aliphatic rings. The van der Waals surface area contributed by atoms with Gasteiger partial charge in [-0.1, -0.05) is 30.3 Å². The second-order valence-corrected chi connectivity index (χ2v) is 6.06. The van der Waals surface area contributed by atoms with Gasteiger partial charge in [-0.3, -0.25) is 0 Å². The second-order valence-electron chi connectivity index (χ2n) is 5.27. The van der Waals surface area contributed by atoms with E-state index >= 15 is 0 Å². The minimum atomic E-state index is -1.00. The Bertz CT molecular complexity index is 874. The van der Waals surface area contributed by atoms with Gasteiger partial charge in [0.1, 0.15) is 17.2 Å². The highest BCUT2D eigenvalue weighted by molar-refractivity contribution is 9.10. The van der Waals surface area contributed by atoms with Crippen molar-refractivity contribution in [2.75, 3.05) is 0 Å². The van der Waals surface area contributed by atoms with E-state index in [2.05, 4.69) is 15.9 Å². The van der Waals surface area contributed by atoms with Gasteiger partial charge in [0.05, 0.1) is 4.47 Å². The van der Waals surface area contributed by atoms with E-state index in [4.69, 9.17) is 14.6 Å². The molecule has 3 aromatic rings. The lowest BCUT2D eigenvalue weighted by molar-refractivity contribution is -0.144. The summed E-state index contributed by atoms with van der Waals surface area (Å²) in [7, 11) is 0. The van der Waals surface area contributed by atoms with Crippen molar-refractivity contribution in [2.45, 2.75) is 13.0 Å². The number of halogens is 1. The predicted octanol–water partition coefficient (Wildman–Crippen LogP) is 5.25. The van der Waals surface area contributed by atoms with E-state index in [1.807, 2.05) is 36.4 Å². The summed E-state index contributed by atoms with van der Waals surface area (Å²) in [4.78, 5) is 10.8. The molecule has 0 heterocycles. The monoisotopic (exact) mass is 386 g/mol. The summed E-state index contributed by atoms with van der Waals surface area (Å²) in [6, 6.07) is 18.8. The zero-order valence-electron chi connectivity index (χ0n) is 12.9. The molecule has 0 radical (unpaired) electrons. The van der Waals surface area contributed by atoms with E-state index in [1.165, 1.54) is 6.92 Å². The average Bonchev–Trinajstić information content (AvgIpc) is 2.59. The number of carbonyl (C=O) groups is 1. The number of aliphatic carboxylic acids is 1. The largest absolute Gasteiger partial charge is 0.479 e. The van der Waals surface area contributed by atoms with E-state index in [9.17, 15) is 4.79 Å². The van der Waals surface area contributed by atoms with Crippen molar-refractivity contribution in [1.29, 1.82) is 0 Å². The van der Waals surface area contributed by atoms with Crippen LogP contribution in [0, 0.1) is 0 Å². The Morgan fingerprint density at radius 3 is 2.38 bits per heavy atom. The third-order valence-corrected chi connectivity index (χ3v) is 4.36. The van der Waals surface area contributed by atoms with Crippen molar-refractivity contribution in [1.82, 2.24) is 0 Å². The Morgan fingerprint density at radius 2 is 1.67 bits per heavy atom. The van der Waals surface area contributed by atoms with Crippen LogP contribution in [0.1, 0.15) is 6.92 Å². The number of carboxylic acid groups (broad SMARTS) is 1. The van der Waals surface area contributed by atoms with Crippen molar-refractivity contribution >= 4 is 32.7 Å². The van der Waals surface area contributed by atoms with E-state index in [0.717, 1.165) is 15.2 Å². The molecule has 0 amide bonds. The van der Waals surface area contributed by atoms with Crippen LogP contribution < -0.4 is 9.47 Å². The number of rotatable bonds is 5. The van der Waals surface area contributed by atoms with Gasteiger partial charge in [-0.05, 0) is 64.0 Å². The topological polar surface area (TPSA) is 55.8 Å². The molecular formula is C19H15BrO4. The van der Waals surface area contributed by atoms with Gasteiger partial charge in [0.2, 0.25) is 0 Å². The fourth-order valence-electron chi connectivity index (χ4n) is 2.26. The quantitative estimate of drug-likeness (QED) is 0.650. The molecule has 0 spiro atoms. The second kappa shape index (κ2) is 6.93. The highest BCUT2D eigenvalue weighted by Gasteiger charge is 2.12. The summed E-state index contributed by atoms with van der Waals surface area (Å²) in [6.07, 6.45) is -0.897. The molecule has 0 saturated carbocycles.